The molecule has 0 bridgehead atoms. The molecule has 2 aromatic carbocycles. The van der Waals surface area contributed by atoms with Crippen molar-refractivity contribution in [1.29, 1.82) is 0 Å². The maximum Gasteiger partial charge on any atom is 0.249 e. The van der Waals surface area contributed by atoms with Crippen molar-refractivity contribution in [1.82, 2.24) is 14.9 Å². The molecule has 4 aromatic rings. The van der Waals surface area contributed by atoms with Gasteiger partial charge >= 0.3 is 0 Å². The average Bonchev–Trinajstić information content (AvgIpc) is 3.19. The van der Waals surface area contributed by atoms with Crippen LogP contribution in [0.25, 0.3) is 10.9 Å². The molecule has 0 aliphatic rings. The second-order valence-electron chi connectivity index (χ2n) is 8.89. The molecule has 0 fully saturated rings. The lowest BCUT2D eigenvalue weighted by atomic mass is 10.0. The van der Waals surface area contributed by atoms with E-state index in [-0.39, 0.29) is 18.2 Å². The molecule has 2 amide bonds. The number of aryl methyl sites for hydroxylation is 1. The van der Waals surface area contributed by atoms with E-state index in [9.17, 15) is 9.59 Å². The minimum absolute atomic E-state index is 0.141. The Morgan fingerprint density at radius 1 is 1.11 bits per heavy atom. The van der Waals surface area contributed by atoms with E-state index in [4.69, 9.17) is 16.3 Å². The number of methoxy groups -OCH3 is 1. The van der Waals surface area contributed by atoms with Crippen molar-refractivity contribution in [3.8, 4) is 5.88 Å². The van der Waals surface area contributed by atoms with E-state index in [1.807, 2.05) is 55.5 Å². The SMILES string of the molecule is CCn1c(C)c(CC(=O)N[C@@H](Cc2ccccc2)C(=O)N(C)c2ccc(OC)nc2)c2cccc(Cl)c21. The Hall–Kier alpha value is -3.84. The number of carbonyl (C=O) groups excluding carboxylic acids is 2. The van der Waals surface area contributed by atoms with Gasteiger partial charge in [-0.1, -0.05) is 54.1 Å². The van der Waals surface area contributed by atoms with Crippen LogP contribution in [0.15, 0.2) is 66.9 Å². The van der Waals surface area contributed by atoms with Gasteiger partial charge in [0.2, 0.25) is 17.7 Å². The molecule has 1 atom stereocenters. The summed E-state index contributed by atoms with van der Waals surface area (Å²) in [5, 5.41) is 4.61. The standard InChI is InChI=1S/C29H31ClN4O3/c1-5-34-19(2)23(22-12-9-13-24(30)28(22)34)17-26(35)32-25(16-20-10-7-6-8-11-20)29(36)33(3)21-14-15-27(37-4)31-18-21/h6-15,18,25H,5,16-17H2,1-4H3,(H,32,35)/t25-/m0/s1. The Bertz CT molecular complexity index is 1400. The zero-order valence-electron chi connectivity index (χ0n) is 21.5. The fraction of sp³-hybridized carbons (Fsp3) is 0.276. The van der Waals surface area contributed by atoms with Crippen LogP contribution >= 0.6 is 11.6 Å². The highest BCUT2D eigenvalue weighted by Gasteiger charge is 2.27. The van der Waals surface area contributed by atoms with Crippen LogP contribution in [0.1, 0.15) is 23.7 Å². The normalized spacial score (nSPS) is 11.8. The molecule has 0 spiro atoms. The lowest BCUT2D eigenvalue weighted by molar-refractivity contribution is -0.127. The van der Waals surface area contributed by atoms with Gasteiger partial charge in [-0.3, -0.25) is 9.59 Å². The Morgan fingerprint density at radius 3 is 2.51 bits per heavy atom. The first kappa shape index (κ1) is 26.2. The van der Waals surface area contributed by atoms with Gasteiger partial charge in [-0.15, -0.1) is 0 Å². The van der Waals surface area contributed by atoms with E-state index in [1.165, 1.54) is 12.0 Å². The quantitative estimate of drug-likeness (QED) is 0.340. The number of para-hydroxylation sites is 1. The summed E-state index contributed by atoms with van der Waals surface area (Å²) in [6, 6.07) is 18.1. The van der Waals surface area contributed by atoms with Crippen LogP contribution in [0.2, 0.25) is 5.02 Å². The smallest absolute Gasteiger partial charge is 0.249 e. The molecule has 37 heavy (non-hydrogen) atoms. The molecular formula is C29H31ClN4O3. The predicted molar refractivity (Wildman–Crippen MR) is 147 cm³/mol. The molecule has 0 aliphatic heterocycles. The van der Waals surface area contributed by atoms with Crippen LogP contribution in [0.5, 0.6) is 5.88 Å². The summed E-state index contributed by atoms with van der Waals surface area (Å²) in [6.45, 7) is 4.79. The van der Waals surface area contributed by atoms with E-state index < -0.39 is 6.04 Å². The second kappa shape index (κ2) is 11.5. The summed E-state index contributed by atoms with van der Waals surface area (Å²) in [6.07, 6.45) is 2.08. The molecule has 7 nitrogen and oxygen atoms in total. The molecule has 0 saturated heterocycles. The Kier molecular flexibility index (Phi) is 8.14. The number of likely N-dealkylation sites (N-methyl/N-ethyl adjacent to an activating group) is 1. The van der Waals surface area contributed by atoms with Crippen LogP contribution in [0.4, 0.5) is 5.69 Å². The van der Waals surface area contributed by atoms with Crippen molar-refractivity contribution in [3.63, 3.8) is 0 Å². The fourth-order valence-electron chi connectivity index (χ4n) is 4.69. The third-order valence-corrected chi connectivity index (χ3v) is 6.95. The lowest BCUT2D eigenvalue weighted by Gasteiger charge is -2.25. The van der Waals surface area contributed by atoms with Crippen molar-refractivity contribution in [3.05, 3.63) is 88.7 Å². The third kappa shape index (κ3) is 5.62. The first-order valence-corrected chi connectivity index (χ1v) is 12.6. The number of hydrogen-bond donors (Lipinski definition) is 1. The molecule has 192 valence electrons. The summed E-state index contributed by atoms with van der Waals surface area (Å²) >= 11 is 6.51. The first-order valence-electron chi connectivity index (χ1n) is 12.2. The Balaban J connectivity index is 1.60. The number of ether oxygens (including phenoxy) is 1. The number of nitrogens with one attached hydrogen (secondary N) is 1. The Labute approximate surface area is 222 Å². The van der Waals surface area contributed by atoms with E-state index >= 15 is 0 Å². The maximum atomic E-state index is 13.6. The average molecular weight is 519 g/mol. The lowest BCUT2D eigenvalue weighted by Crippen LogP contribution is -2.49. The van der Waals surface area contributed by atoms with Crippen molar-refractivity contribution in [2.24, 2.45) is 0 Å². The largest absolute Gasteiger partial charge is 0.481 e. The number of fused-ring (bicyclic) bond motifs is 1. The van der Waals surface area contributed by atoms with E-state index in [0.717, 1.165) is 34.3 Å². The van der Waals surface area contributed by atoms with E-state index in [1.54, 1.807) is 25.4 Å². The molecule has 0 radical (unpaired) electrons. The van der Waals surface area contributed by atoms with Crippen LogP contribution in [0.3, 0.4) is 0 Å². The van der Waals surface area contributed by atoms with Gasteiger partial charge in [0.05, 0.1) is 36.0 Å². The number of halogens is 1. The molecular weight excluding hydrogens is 488 g/mol. The predicted octanol–water partition coefficient (Wildman–Crippen LogP) is 4.96. The van der Waals surface area contributed by atoms with Crippen LogP contribution in [0, 0.1) is 6.92 Å². The summed E-state index contributed by atoms with van der Waals surface area (Å²) in [5.41, 5.74) is 4.39. The maximum absolute atomic E-state index is 13.6. The Morgan fingerprint density at radius 2 is 1.86 bits per heavy atom. The number of benzene rings is 2. The highest BCUT2D eigenvalue weighted by molar-refractivity contribution is 6.35. The van der Waals surface area contributed by atoms with E-state index in [0.29, 0.717) is 23.0 Å². The van der Waals surface area contributed by atoms with Crippen LogP contribution in [-0.2, 0) is 29.0 Å². The van der Waals surface area contributed by atoms with Crippen LogP contribution < -0.4 is 15.0 Å². The summed E-state index contributed by atoms with van der Waals surface area (Å²) < 4.78 is 7.24. The van der Waals surface area contributed by atoms with Gasteiger partial charge in [0.25, 0.3) is 0 Å². The molecule has 1 N–H and O–H groups in total. The summed E-state index contributed by atoms with van der Waals surface area (Å²) in [7, 11) is 3.22. The highest BCUT2D eigenvalue weighted by Crippen LogP contribution is 2.31. The first-order chi connectivity index (χ1) is 17.8. The van der Waals surface area contributed by atoms with Gasteiger partial charge in [0, 0.05) is 37.2 Å². The summed E-state index contributed by atoms with van der Waals surface area (Å²) in [5.74, 6) is -0.00542. The van der Waals surface area contributed by atoms with Gasteiger partial charge in [-0.2, -0.15) is 0 Å². The number of aromatic nitrogens is 2. The van der Waals surface area contributed by atoms with Crippen molar-refractivity contribution >= 4 is 40.0 Å². The number of pyridine rings is 1. The van der Waals surface area contributed by atoms with Crippen molar-refractivity contribution in [2.45, 2.75) is 39.3 Å². The number of amides is 2. The zero-order chi connectivity index (χ0) is 26.5. The van der Waals surface area contributed by atoms with Gasteiger partial charge < -0.3 is 19.5 Å². The van der Waals surface area contributed by atoms with Gasteiger partial charge in [0.1, 0.15) is 6.04 Å². The minimum atomic E-state index is -0.759. The molecule has 0 aliphatic carbocycles. The number of nitrogens with zero attached hydrogens (tertiary/aromatic N) is 3. The monoisotopic (exact) mass is 518 g/mol. The molecule has 0 unspecified atom stereocenters. The second-order valence-corrected chi connectivity index (χ2v) is 9.29. The molecule has 8 heteroatoms. The summed E-state index contributed by atoms with van der Waals surface area (Å²) in [4.78, 5) is 32.7. The van der Waals surface area contributed by atoms with Crippen molar-refractivity contribution < 1.29 is 14.3 Å². The number of carbonyl (C=O) groups is 2. The molecule has 4 rings (SSSR count). The van der Waals surface area contributed by atoms with Gasteiger partial charge in [-0.25, -0.2) is 4.98 Å². The number of rotatable bonds is 9. The highest BCUT2D eigenvalue weighted by atomic mass is 35.5. The topological polar surface area (TPSA) is 76.5 Å². The van der Waals surface area contributed by atoms with Gasteiger partial charge in [-0.05, 0) is 37.1 Å². The van der Waals surface area contributed by atoms with E-state index in [2.05, 4.69) is 21.8 Å². The number of anilines is 1. The third-order valence-electron chi connectivity index (χ3n) is 6.64. The number of hydrogen-bond acceptors (Lipinski definition) is 4. The minimum Gasteiger partial charge on any atom is -0.481 e. The molecule has 0 saturated carbocycles. The fourth-order valence-corrected chi connectivity index (χ4v) is 4.96. The molecule has 2 aromatic heterocycles. The molecule has 2 heterocycles. The van der Waals surface area contributed by atoms with Gasteiger partial charge in [0.15, 0.2) is 0 Å². The van der Waals surface area contributed by atoms with Crippen LogP contribution in [-0.4, -0.2) is 41.6 Å². The van der Waals surface area contributed by atoms with Crippen molar-refractivity contribution in [2.75, 3.05) is 19.1 Å². The zero-order valence-corrected chi connectivity index (χ0v) is 22.2.